The fraction of sp³-hybridized carbons (Fsp3) is 0.182. The number of aromatic nitrogens is 4. The maximum Gasteiger partial charge on any atom is 0.322 e. The molecular formula is C22H20FN7O2. The molecule has 1 aromatic carbocycles. The number of urea groups is 1. The summed E-state index contributed by atoms with van der Waals surface area (Å²) in [5.74, 6) is -0.148. The Hall–Kier alpha value is -4.21. The number of nitrogens with two attached hydrogens (primary N) is 1. The van der Waals surface area contributed by atoms with Gasteiger partial charge in [0.05, 0.1) is 17.2 Å². The molecule has 2 N–H and O–H groups in total. The molecule has 0 bridgehead atoms. The van der Waals surface area contributed by atoms with Crippen molar-refractivity contribution in [3.8, 4) is 5.69 Å². The zero-order valence-electron chi connectivity index (χ0n) is 17.0. The lowest BCUT2D eigenvalue weighted by molar-refractivity contribution is 0.0756. The van der Waals surface area contributed by atoms with Gasteiger partial charge in [-0.1, -0.05) is 0 Å². The van der Waals surface area contributed by atoms with Crippen LogP contribution < -0.4 is 10.6 Å². The second-order valence-electron chi connectivity index (χ2n) is 7.58. The predicted octanol–water partition coefficient (Wildman–Crippen LogP) is 2.46. The minimum atomic E-state index is -0.827. The number of carbonyl (C=O) groups is 2. The Morgan fingerprint density at radius 1 is 1.09 bits per heavy atom. The molecule has 1 aliphatic heterocycles. The molecule has 0 radical (unpaired) electrons. The standard InChI is InChI=1S/C22H20FN7O2/c23-15-3-5-16(6-4-15)29-12-8-18(26-29)21(31)30(22(24)32)17-7-11-28(14-17)20-19-2-1-10-27(19)13-9-25-20/h1-6,8-10,12-13,17H,7,11,14H2,(H2,24,32). The lowest BCUT2D eigenvalue weighted by Gasteiger charge is -2.25. The van der Waals surface area contributed by atoms with Gasteiger partial charge in [-0.2, -0.15) is 5.10 Å². The van der Waals surface area contributed by atoms with Crippen molar-refractivity contribution in [3.63, 3.8) is 0 Å². The van der Waals surface area contributed by atoms with Crippen LogP contribution in [0.1, 0.15) is 16.9 Å². The number of primary amides is 1. The second kappa shape index (κ2) is 7.80. The molecule has 1 fully saturated rings. The highest BCUT2D eigenvalue weighted by Crippen LogP contribution is 2.26. The van der Waals surface area contributed by atoms with Crippen LogP contribution in [0.25, 0.3) is 11.2 Å². The fourth-order valence-electron chi connectivity index (χ4n) is 4.09. The quantitative estimate of drug-likeness (QED) is 0.533. The Kier molecular flexibility index (Phi) is 4.81. The van der Waals surface area contributed by atoms with Crippen LogP contribution in [0.2, 0.25) is 0 Å². The summed E-state index contributed by atoms with van der Waals surface area (Å²) < 4.78 is 16.6. The Morgan fingerprint density at radius 3 is 2.69 bits per heavy atom. The number of rotatable bonds is 4. The number of nitrogens with zero attached hydrogens (tertiary/aromatic N) is 6. The molecule has 1 unspecified atom stereocenters. The number of hydrogen-bond donors (Lipinski definition) is 1. The molecule has 162 valence electrons. The van der Waals surface area contributed by atoms with E-state index >= 15 is 0 Å². The summed E-state index contributed by atoms with van der Waals surface area (Å²) in [6.07, 6.45) is 7.66. The Labute approximate surface area is 182 Å². The van der Waals surface area contributed by atoms with Crippen molar-refractivity contribution >= 4 is 23.3 Å². The van der Waals surface area contributed by atoms with Crippen molar-refractivity contribution in [3.05, 3.63) is 78.8 Å². The molecule has 5 rings (SSSR count). The van der Waals surface area contributed by atoms with Crippen LogP contribution in [0.5, 0.6) is 0 Å². The van der Waals surface area contributed by atoms with Crippen molar-refractivity contribution in [1.82, 2.24) is 24.1 Å². The van der Waals surface area contributed by atoms with Crippen LogP contribution in [0.4, 0.5) is 15.0 Å². The summed E-state index contributed by atoms with van der Waals surface area (Å²) in [7, 11) is 0. The van der Waals surface area contributed by atoms with Crippen LogP contribution in [-0.4, -0.2) is 55.1 Å². The smallest absolute Gasteiger partial charge is 0.322 e. The largest absolute Gasteiger partial charge is 0.353 e. The molecule has 32 heavy (non-hydrogen) atoms. The highest BCUT2D eigenvalue weighted by molar-refractivity contribution is 6.03. The second-order valence-corrected chi connectivity index (χ2v) is 7.58. The van der Waals surface area contributed by atoms with E-state index in [1.165, 1.54) is 22.9 Å². The first kappa shape index (κ1) is 19.7. The topological polar surface area (TPSA) is 102 Å². The van der Waals surface area contributed by atoms with E-state index < -0.39 is 18.0 Å². The number of amides is 3. The van der Waals surface area contributed by atoms with Gasteiger partial charge in [0.1, 0.15) is 5.82 Å². The molecule has 1 saturated heterocycles. The third kappa shape index (κ3) is 3.45. The number of anilines is 1. The van der Waals surface area contributed by atoms with Gasteiger partial charge in [-0.15, -0.1) is 0 Å². The molecular weight excluding hydrogens is 413 g/mol. The first-order chi connectivity index (χ1) is 15.5. The lowest BCUT2D eigenvalue weighted by Crippen LogP contribution is -2.49. The summed E-state index contributed by atoms with van der Waals surface area (Å²) in [5.41, 5.74) is 7.22. The van der Waals surface area contributed by atoms with Gasteiger partial charge in [-0.25, -0.2) is 18.9 Å². The third-order valence-corrected chi connectivity index (χ3v) is 5.62. The minimum absolute atomic E-state index is 0.0818. The highest BCUT2D eigenvalue weighted by Gasteiger charge is 2.36. The SMILES string of the molecule is NC(=O)N(C(=O)c1ccn(-c2ccc(F)cc2)n1)C1CCN(c2nccn3cccc23)C1. The van der Waals surface area contributed by atoms with Gasteiger partial charge in [0, 0.05) is 37.9 Å². The van der Waals surface area contributed by atoms with Crippen LogP contribution in [0.3, 0.4) is 0 Å². The maximum atomic E-state index is 13.2. The molecule has 0 aliphatic carbocycles. The number of hydrogen-bond acceptors (Lipinski definition) is 5. The summed E-state index contributed by atoms with van der Waals surface area (Å²) >= 11 is 0. The van der Waals surface area contributed by atoms with E-state index in [-0.39, 0.29) is 11.5 Å². The monoisotopic (exact) mass is 433 g/mol. The average molecular weight is 433 g/mol. The molecule has 1 atom stereocenters. The Balaban J connectivity index is 1.37. The van der Waals surface area contributed by atoms with Crippen molar-refractivity contribution in [2.45, 2.75) is 12.5 Å². The van der Waals surface area contributed by atoms with E-state index in [1.807, 2.05) is 33.8 Å². The van der Waals surface area contributed by atoms with E-state index in [9.17, 15) is 14.0 Å². The van der Waals surface area contributed by atoms with Gasteiger partial charge in [0.25, 0.3) is 5.91 Å². The number of imide groups is 1. The fourth-order valence-corrected chi connectivity index (χ4v) is 4.09. The molecule has 3 aromatic heterocycles. The summed E-state index contributed by atoms with van der Waals surface area (Å²) in [6, 6.07) is 9.89. The van der Waals surface area contributed by atoms with Gasteiger partial charge in [-0.3, -0.25) is 9.69 Å². The van der Waals surface area contributed by atoms with Crippen LogP contribution >= 0.6 is 0 Å². The lowest BCUT2D eigenvalue weighted by atomic mass is 10.2. The minimum Gasteiger partial charge on any atom is -0.353 e. The zero-order valence-corrected chi connectivity index (χ0v) is 17.0. The Morgan fingerprint density at radius 2 is 1.91 bits per heavy atom. The molecule has 9 nitrogen and oxygen atoms in total. The number of fused-ring (bicyclic) bond motifs is 1. The summed E-state index contributed by atoms with van der Waals surface area (Å²) in [5, 5.41) is 4.26. The normalized spacial score (nSPS) is 15.9. The van der Waals surface area contributed by atoms with E-state index in [4.69, 9.17) is 5.73 Å². The molecule has 4 heterocycles. The molecule has 10 heteroatoms. The van der Waals surface area contributed by atoms with Gasteiger partial charge in [0.15, 0.2) is 11.5 Å². The molecule has 1 aliphatic rings. The van der Waals surface area contributed by atoms with E-state index in [0.717, 1.165) is 16.2 Å². The van der Waals surface area contributed by atoms with Gasteiger partial charge in [0.2, 0.25) is 0 Å². The van der Waals surface area contributed by atoms with Crippen LogP contribution in [0.15, 0.2) is 67.3 Å². The van der Waals surface area contributed by atoms with Crippen LogP contribution in [-0.2, 0) is 0 Å². The highest BCUT2D eigenvalue weighted by atomic mass is 19.1. The van der Waals surface area contributed by atoms with Gasteiger partial charge in [-0.05, 0) is 48.9 Å². The molecule has 4 aromatic rings. The molecule has 0 saturated carbocycles. The maximum absolute atomic E-state index is 13.2. The first-order valence-electron chi connectivity index (χ1n) is 10.1. The van der Waals surface area contributed by atoms with Crippen molar-refractivity contribution in [2.24, 2.45) is 5.73 Å². The van der Waals surface area contributed by atoms with E-state index in [2.05, 4.69) is 10.1 Å². The predicted molar refractivity (Wildman–Crippen MR) is 115 cm³/mol. The zero-order chi connectivity index (χ0) is 22.2. The Bertz CT molecular complexity index is 1300. The van der Waals surface area contributed by atoms with Crippen molar-refractivity contribution in [1.29, 1.82) is 0 Å². The van der Waals surface area contributed by atoms with E-state index in [0.29, 0.717) is 25.2 Å². The molecule has 3 amide bonds. The van der Waals surface area contributed by atoms with Crippen molar-refractivity contribution in [2.75, 3.05) is 18.0 Å². The number of halogens is 1. The first-order valence-corrected chi connectivity index (χ1v) is 10.1. The summed E-state index contributed by atoms with van der Waals surface area (Å²) in [4.78, 5) is 33.0. The third-order valence-electron chi connectivity index (χ3n) is 5.62. The van der Waals surface area contributed by atoms with Gasteiger partial charge < -0.3 is 15.0 Å². The van der Waals surface area contributed by atoms with E-state index in [1.54, 1.807) is 24.5 Å². The average Bonchev–Trinajstić information content (AvgIpc) is 3.54. The van der Waals surface area contributed by atoms with Gasteiger partial charge >= 0.3 is 6.03 Å². The molecule has 0 spiro atoms. The van der Waals surface area contributed by atoms with Crippen molar-refractivity contribution < 1.29 is 14.0 Å². The number of benzene rings is 1. The van der Waals surface area contributed by atoms with Crippen LogP contribution in [0, 0.1) is 5.82 Å². The number of carbonyl (C=O) groups excluding carboxylic acids is 2. The summed E-state index contributed by atoms with van der Waals surface area (Å²) in [6.45, 7) is 1.05.